The average molecular weight is 315 g/mol. The zero-order chi connectivity index (χ0) is 16.1. The predicted octanol–water partition coefficient (Wildman–Crippen LogP) is 2.21. The van der Waals surface area contributed by atoms with Crippen molar-refractivity contribution in [1.29, 1.82) is 0 Å². The Morgan fingerprint density at radius 2 is 1.65 bits per heavy atom. The van der Waals surface area contributed by atoms with E-state index in [-0.39, 0.29) is 17.9 Å². The Morgan fingerprint density at radius 3 is 2.35 bits per heavy atom. The zero-order valence-electron chi connectivity index (χ0n) is 14.0. The molecular formula is C19H29N3O. The van der Waals surface area contributed by atoms with Gasteiger partial charge in [-0.05, 0) is 31.5 Å². The van der Waals surface area contributed by atoms with E-state index in [1.54, 1.807) is 0 Å². The lowest BCUT2D eigenvalue weighted by Crippen LogP contribution is -2.41. The molecule has 2 N–H and O–H groups in total. The van der Waals surface area contributed by atoms with Gasteiger partial charge in [-0.1, -0.05) is 49.6 Å². The molecule has 2 fully saturated rings. The van der Waals surface area contributed by atoms with Gasteiger partial charge in [0.1, 0.15) is 0 Å². The van der Waals surface area contributed by atoms with E-state index in [9.17, 15) is 4.79 Å². The van der Waals surface area contributed by atoms with E-state index < -0.39 is 0 Å². The smallest absolute Gasteiger partial charge is 0.236 e. The summed E-state index contributed by atoms with van der Waals surface area (Å²) in [5.41, 5.74) is 7.56. The van der Waals surface area contributed by atoms with Crippen molar-refractivity contribution in [1.82, 2.24) is 9.80 Å². The highest BCUT2D eigenvalue weighted by Crippen LogP contribution is 2.26. The lowest BCUT2D eigenvalue weighted by Gasteiger charge is -2.26. The summed E-state index contributed by atoms with van der Waals surface area (Å²) in [5, 5.41) is 0. The van der Waals surface area contributed by atoms with Gasteiger partial charge in [-0.3, -0.25) is 9.69 Å². The minimum Gasteiger partial charge on any atom is -0.339 e. The summed E-state index contributed by atoms with van der Waals surface area (Å²) in [4.78, 5) is 17.0. The second-order valence-corrected chi connectivity index (χ2v) is 7.02. The van der Waals surface area contributed by atoms with Crippen LogP contribution in [0.4, 0.5) is 0 Å². The van der Waals surface area contributed by atoms with E-state index in [1.807, 2.05) is 23.1 Å². The van der Waals surface area contributed by atoms with E-state index >= 15 is 0 Å². The molecule has 3 rings (SSSR count). The van der Waals surface area contributed by atoms with Crippen molar-refractivity contribution >= 4 is 5.91 Å². The maximum Gasteiger partial charge on any atom is 0.236 e. The summed E-state index contributed by atoms with van der Waals surface area (Å²) in [5.74, 6) is 0.520. The molecule has 23 heavy (non-hydrogen) atoms. The van der Waals surface area contributed by atoms with E-state index in [0.717, 1.165) is 19.6 Å². The van der Waals surface area contributed by atoms with Crippen LogP contribution < -0.4 is 5.73 Å². The van der Waals surface area contributed by atoms with Crippen LogP contribution in [0.1, 0.15) is 43.6 Å². The van der Waals surface area contributed by atoms with Crippen LogP contribution in [-0.4, -0.2) is 54.5 Å². The maximum absolute atomic E-state index is 12.7. The van der Waals surface area contributed by atoms with Crippen LogP contribution in [0.3, 0.4) is 0 Å². The van der Waals surface area contributed by atoms with Crippen LogP contribution in [0.25, 0.3) is 0 Å². The first-order valence-electron chi connectivity index (χ1n) is 9.04. The third kappa shape index (κ3) is 4.33. The van der Waals surface area contributed by atoms with E-state index in [4.69, 9.17) is 5.73 Å². The molecule has 0 bridgehead atoms. The number of rotatable bonds is 3. The van der Waals surface area contributed by atoms with Crippen LogP contribution >= 0.6 is 0 Å². The number of likely N-dealkylation sites (tertiary alicyclic amines) is 2. The van der Waals surface area contributed by atoms with Crippen LogP contribution in [-0.2, 0) is 4.79 Å². The molecule has 2 aliphatic heterocycles. The highest BCUT2D eigenvalue weighted by atomic mass is 16.2. The summed E-state index contributed by atoms with van der Waals surface area (Å²) in [6, 6.07) is 10.4. The van der Waals surface area contributed by atoms with Crippen molar-refractivity contribution in [3.8, 4) is 0 Å². The van der Waals surface area contributed by atoms with Crippen LogP contribution in [0.5, 0.6) is 0 Å². The number of hydrogen-bond donors (Lipinski definition) is 1. The molecule has 1 aromatic rings. The lowest BCUT2D eigenvalue weighted by molar-refractivity contribution is -0.131. The maximum atomic E-state index is 12.7. The predicted molar refractivity (Wildman–Crippen MR) is 93.3 cm³/mol. The first-order chi connectivity index (χ1) is 11.2. The third-order valence-electron chi connectivity index (χ3n) is 5.25. The topological polar surface area (TPSA) is 49.6 Å². The minimum atomic E-state index is 0.0497. The van der Waals surface area contributed by atoms with Crippen molar-refractivity contribution < 1.29 is 4.79 Å². The third-order valence-corrected chi connectivity index (χ3v) is 5.25. The number of nitrogens with two attached hydrogens (primary N) is 1. The quantitative estimate of drug-likeness (QED) is 0.930. The Hall–Kier alpha value is -1.39. The summed E-state index contributed by atoms with van der Waals surface area (Å²) in [6.45, 7) is 4.14. The van der Waals surface area contributed by atoms with Crippen molar-refractivity contribution in [2.24, 2.45) is 5.73 Å². The Morgan fingerprint density at radius 1 is 1.00 bits per heavy atom. The molecule has 0 aliphatic carbocycles. The van der Waals surface area contributed by atoms with Crippen molar-refractivity contribution in [2.45, 2.75) is 44.1 Å². The van der Waals surface area contributed by atoms with Crippen LogP contribution in [0.2, 0.25) is 0 Å². The molecule has 2 aliphatic rings. The molecule has 1 amide bonds. The van der Waals surface area contributed by atoms with Gasteiger partial charge in [0, 0.05) is 25.0 Å². The summed E-state index contributed by atoms with van der Waals surface area (Å²) in [7, 11) is 0. The SMILES string of the molecule is NC1CN(C(=O)CN2CCCCCCC2)CC1c1ccccc1. The van der Waals surface area contributed by atoms with E-state index in [0.29, 0.717) is 13.1 Å². The Labute approximate surface area is 139 Å². The molecule has 0 aromatic heterocycles. The fourth-order valence-corrected chi connectivity index (χ4v) is 3.85. The zero-order valence-corrected chi connectivity index (χ0v) is 14.0. The molecule has 2 heterocycles. The fourth-order valence-electron chi connectivity index (χ4n) is 3.85. The normalized spacial score (nSPS) is 26.7. The molecule has 0 saturated carbocycles. The average Bonchev–Trinajstić information content (AvgIpc) is 2.93. The molecule has 0 radical (unpaired) electrons. The molecule has 2 atom stereocenters. The van der Waals surface area contributed by atoms with Gasteiger partial charge in [-0.25, -0.2) is 0 Å². The first-order valence-corrected chi connectivity index (χ1v) is 9.04. The van der Waals surface area contributed by atoms with Gasteiger partial charge in [-0.15, -0.1) is 0 Å². The molecule has 4 heteroatoms. The number of carbonyl (C=O) groups excluding carboxylic acids is 1. The lowest BCUT2D eigenvalue weighted by atomic mass is 9.95. The number of amides is 1. The minimum absolute atomic E-state index is 0.0497. The van der Waals surface area contributed by atoms with Crippen molar-refractivity contribution in [3.05, 3.63) is 35.9 Å². The van der Waals surface area contributed by atoms with Crippen molar-refractivity contribution in [2.75, 3.05) is 32.7 Å². The first kappa shape index (κ1) is 16.5. The molecule has 2 unspecified atom stereocenters. The van der Waals surface area contributed by atoms with Gasteiger partial charge in [0.05, 0.1) is 6.54 Å². The molecule has 2 saturated heterocycles. The number of nitrogens with zero attached hydrogens (tertiary/aromatic N) is 2. The molecular weight excluding hydrogens is 286 g/mol. The molecule has 4 nitrogen and oxygen atoms in total. The van der Waals surface area contributed by atoms with Gasteiger partial charge < -0.3 is 10.6 Å². The fraction of sp³-hybridized carbons (Fsp3) is 0.632. The summed E-state index contributed by atoms with van der Waals surface area (Å²) < 4.78 is 0. The van der Waals surface area contributed by atoms with Gasteiger partial charge in [0.15, 0.2) is 0 Å². The van der Waals surface area contributed by atoms with Gasteiger partial charge in [-0.2, -0.15) is 0 Å². The Kier molecular flexibility index (Phi) is 5.68. The van der Waals surface area contributed by atoms with Gasteiger partial charge in [0.25, 0.3) is 0 Å². The second kappa shape index (κ2) is 7.93. The summed E-state index contributed by atoms with van der Waals surface area (Å²) in [6.07, 6.45) is 6.39. The van der Waals surface area contributed by atoms with Crippen LogP contribution in [0.15, 0.2) is 30.3 Å². The van der Waals surface area contributed by atoms with E-state index in [2.05, 4.69) is 17.0 Å². The van der Waals surface area contributed by atoms with Crippen LogP contribution in [0, 0.1) is 0 Å². The standard InChI is InChI=1S/C19H29N3O/c20-18-14-22(13-17(18)16-9-5-4-6-10-16)19(23)15-21-11-7-2-1-3-8-12-21/h4-6,9-10,17-18H,1-3,7-8,11-15,20H2. The highest BCUT2D eigenvalue weighted by molar-refractivity contribution is 5.78. The van der Waals surface area contributed by atoms with E-state index in [1.165, 1.54) is 37.7 Å². The summed E-state index contributed by atoms with van der Waals surface area (Å²) >= 11 is 0. The second-order valence-electron chi connectivity index (χ2n) is 7.02. The molecule has 0 spiro atoms. The largest absolute Gasteiger partial charge is 0.339 e. The van der Waals surface area contributed by atoms with Gasteiger partial charge >= 0.3 is 0 Å². The Balaban J connectivity index is 1.56. The number of carbonyl (C=O) groups is 1. The molecule has 126 valence electrons. The monoisotopic (exact) mass is 315 g/mol. The van der Waals surface area contributed by atoms with Crippen molar-refractivity contribution in [3.63, 3.8) is 0 Å². The van der Waals surface area contributed by atoms with Gasteiger partial charge in [0.2, 0.25) is 5.91 Å². The molecule has 1 aromatic carbocycles. The number of hydrogen-bond acceptors (Lipinski definition) is 3. The number of benzene rings is 1. The Bertz CT molecular complexity index is 497. The highest BCUT2D eigenvalue weighted by Gasteiger charge is 2.34.